The summed E-state index contributed by atoms with van der Waals surface area (Å²) in [5.41, 5.74) is 0.609. The first-order valence-corrected chi connectivity index (χ1v) is 9.88. The van der Waals surface area contributed by atoms with Crippen LogP contribution < -0.4 is 10.9 Å². The third kappa shape index (κ3) is 3.12. The summed E-state index contributed by atoms with van der Waals surface area (Å²) >= 11 is 0. The third-order valence-electron chi connectivity index (χ3n) is 5.79. The second-order valence-corrected chi connectivity index (χ2v) is 7.75. The van der Waals surface area contributed by atoms with Crippen LogP contribution in [0.25, 0.3) is 5.65 Å². The molecule has 2 N–H and O–H groups in total. The fraction of sp³-hybridized carbons (Fsp3) is 0.174. The van der Waals surface area contributed by atoms with Crippen molar-refractivity contribution < 1.29 is 13.2 Å². The summed E-state index contributed by atoms with van der Waals surface area (Å²) in [4.78, 5) is 16.0. The topological polar surface area (TPSA) is 86.0 Å². The Morgan fingerprint density at radius 3 is 2.38 bits per heavy atom. The number of rotatable bonds is 4. The van der Waals surface area contributed by atoms with Crippen LogP contribution in [0.1, 0.15) is 35.2 Å². The predicted molar refractivity (Wildman–Crippen MR) is 112 cm³/mol. The number of anilines is 2. The molecule has 1 aliphatic carbocycles. The van der Waals surface area contributed by atoms with Gasteiger partial charge in [-0.1, -0.05) is 30.3 Å². The van der Waals surface area contributed by atoms with Crippen molar-refractivity contribution >= 4 is 17.0 Å². The van der Waals surface area contributed by atoms with E-state index in [2.05, 4.69) is 21.5 Å². The van der Waals surface area contributed by atoms with Crippen LogP contribution in [0, 0.1) is 11.3 Å². The van der Waals surface area contributed by atoms with E-state index in [0.717, 1.165) is 16.6 Å². The first kappa shape index (κ1) is 19.9. The minimum absolute atomic E-state index is 0.214. The van der Waals surface area contributed by atoms with Crippen molar-refractivity contribution in [2.75, 3.05) is 5.32 Å². The molecule has 0 saturated heterocycles. The molecule has 1 fully saturated rings. The highest BCUT2D eigenvalue weighted by Crippen LogP contribution is 2.54. The average Bonchev–Trinajstić information content (AvgIpc) is 3.50. The molecular weight excluding hydrogens is 419 g/mol. The van der Waals surface area contributed by atoms with Gasteiger partial charge in [0, 0.05) is 17.3 Å². The number of nitriles is 1. The van der Waals surface area contributed by atoms with Crippen LogP contribution in [0.3, 0.4) is 0 Å². The number of aromatic amines is 1. The third-order valence-corrected chi connectivity index (χ3v) is 5.79. The van der Waals surface area contributed by atoms with Gasteiger partial charge >= 0.3 is 6.18 Å². The molecule has 0 aliphatic heterocycles. The van der Waals surface area contributed by atoms with Gasteiger partial charge in [0.15, 0.2) is 5.65 Å². The molecule has 6 nitrogen and oxygen atoms in total. The minimum Gasteiger partial charge on any atom is -0.350 e. The van der Waals surface area contributed by atoms with Gasteiger partial charge in [-0.25, -0.2) is 0 Å². The molecule has 0 radical (unpaired) electrons. The Bertz CT molecular complexity index is 1410. The van der Waals surface area contributed by atoms with Gasteiger partial charge in [-0.3, -0.25) is 4.79 Å². The number of fused-ring (bicyclic) bond motifs is 1. The van der Waals surface area contributed by atoms with Crippen molar-refractivity contribution in [1.29, 1.82) is 5.26 Å². The Hall–Kier alpha value is -4.06. The molecule has 4 aromatic rings. The van der Waals surface area contributed by atoms with E-state index in [1.165, 1.54) is 18.3 Å². The highest BCUT2D eigenvalue weighted by Gasteiger charge is 2.50. The van der Waals surface area contributed by atoms with E-state index in [-0.39, 0.29) is 16.9 Å². The molecule has 0 atom stereocenters. The van der Waals surface area contributed by atoms with E-state index in [1.807, 2.05) is 30.3 Å². The lowest BCUT2D eigenvalue weighted by Gasteiger charge is -2.15. The molecule has 2 aromatic heterocycles. The lowest BCUT2D eigenvalue weighted by atomic mass is 9.89. The zero-order valence-electron chi connectivity index (χ0n) is 16.6. The largest absolute Gasteiger partial charge is 0.416 e. The number of para-hydroxylation sites is 1. The Balaban J connectivity index is 1.59. The second kappa shape index (κ2) is 6.99. The molecule has 2 aromatic carbocycles. The van der Waals surface area contributed by atoms with Crippen LogP contribution in [-0.2, 0) is 11.6 Å². The second-order valence-electron chi connectivity index (χ2n) is 7.75. The highest BCUT2D eigenvalue weighted by atomic mass is 19.4. The summed E-state index contributed by atoms with van der Waals surface area (Å²) < 4.78 is 40.0. The van der Waals surface area contributed by atoms with E-state index >= 15 is 0 Å². The Morgan fingerprint density at radius 1 is 1.09 bits per heavy atom. The zero-order valence-corrected chi connectivity index (χ0v) is 16.6. The molecule has 2 heterocycles. The van der Waals surface area contributed by atoms with Gasteiger partial charge in [0.05, 0.1) is 11.3 Å². The van der Waals surface area contributed by atoms with Crippen LogP contribution in [0.15, 0.2) is 65.6 Å². The predicted octanol–water partition coefficient (Wildman–Crippen LogP) is 4.74. The maximum absolute atomic E-state index is 13.0. The van der Waals surface area contributed by atoms with Crippen LogP contribution >= 0.6 is 0 Å². The van der Waals surface area contributed by atoms with Crippen molar-refractivity contribution in [2.24, 2.45) is 0 Å². The number of hydrogen-bond donors (Lipinski definition) is 2. The summed E-state index contributed by atoms with van der Waals surface area (Å²) in [6, 6.07) is 16.2. The van der Waals surface area contributed by atoms with Gasteiger partial charge in [0.1, 0.15) is 17.3 Å². The lowest BCUT2D eigenvalue weighted by molar-refractivity contribution is -0.137. The average molecular weight is 435 g/mol. The fourth-order valence-corrected chi connectivity index (χ4v) is 3.99. The molecule has 9 heteroatoms. The standard InChI is InChI=1S/C23H16F3N5O/c24-23(25,26)15-8-6-14(7-9-15)22(10-11-22)19-17(12-27)20-28-13-18(21(32)31(20)30-19)29-16-4-2-1-3-5-16/h1-9,13,28-29H,10-11H2. The van der Waals surface area contributed by atoms with E-state index in [0.29, 0.717) is 29.8 Å². The zero-order chi connectivity index (χ0) is 22.5. The van der Waals surface area contributed by atoms with Gasteiger partial charge in [-0.2, -0.15) is 28.0 Å². The molecule has 1 aliphatic rings. The Morgan fingerprint density at radius 2 is 1.78 bits per heavy atom. The normalized spacial score (nSPS) is 14.8. The van der Waals surface area contributed by atoms with Crippen molar-refractivity contribution in [1.82, 2.24) is 14.6 Å². The lowest BCUT2D eigenvalue weighted by Crippen LogP contribution is -2.19. The summed E-state index contributed by atoms with van der Waals surface area (Å²) in [7, 11) is 0. The van der Waals surface area contributed by atoms with E-state index in [9.17, 15) is 23.2 Å². The summed E-state index contributed by atoms with van der Waals surface area (Å²) in [5, 5.41) is 17.3. The number of hydrogen-bond acceptors (Lipinski definition) is 4. The molecule has 0 bridgehead atoms. The number of aromatic nitrogens is 3. The number of halogens is 3. The summed E-state index contributed by atoms with van der Waals surface area (Å²) in [6.07, 6.45) is -1.69. The van der Waals surface area contributed by atoms with Gasteiger partial charge in [-0.15, -0.1) is 0 Å². The van der Waals surface area contributed by atoms with Crippen LogP contribution in [0.2, 0.25) is 0 Å². The van der Waals surface area contributed by atoms with E-state index < -0.39 is 22.7 Å². The van der Waals surface area contributed by atoms with Crippen LogP contribution in [-0.4, -0.2) is 14.6 Å². The highest BCUT2D eigenvalue weighted by molar-refractivity contribution is 5.65. The summed E-state index contributed by atoms with van der Waals surface area (Å²) in [6.45, 7) is 0. The molecule has 32 heavy (non-hydrogen) atoms. The van der Waals surface area contributed by atoms with Crippen molar-refractivity contribution in [3.63, 3.8) is 0 Å². The van der Waals surface area contributed by atoms with Gasteiger partial charge in [0.25, 0.3) is 5.56 Å². The van der Waals surface area contributed by atoms with Crippen LogP contribution in [0.4, 0.5) is 24.5 Å². The quantitative estimate of drug-likeness (QED) is 0.485. The Labute approximate surface area is 179 Å². The molecule has 160 valence electrons. The van der Waals surface area contributed by atoms with Gasteiger partial charge in [-0.05, 0) is 42.7 Å². The van der Waals surface area contributed by atoms with Gasteiger partial charge < -0.3 is 10.3 Å². The molecule has 0 spiro atoms. The smallest absolute Gasteiger partial charge is 0.350 e. The number of nitrogens with zero attached hydrogens (tertiary/aromatic N) is 3. The van der Waals surface area contributed by atoms with Crippen molar-refractivity contribution in [3.8, 4) is 6.07 Å². The van der Waals surface area contributed by atoms with Crippen molar-refractivity contribution in [2.45, 2.75) is 24.4 Å². The van der Waals surface area contributed by atoms with Crippen LogP contribution in [0.5, 0.6) is 0 Å². The number of alkyl halides is 3. The number of nitrogens with one attached hydrogen (secondary N) is 2. The molecule has 0 unspecified atom stereocenters. The summed E-state index contributed by atoms with van der Waals surface area (Å²) in [5.74, 6) is 0. The monoisotopic (exact) mass is 435 g/mol. The number of benzene rings is 2. The molecular formula is C23H16F3N5O. The maximum atomic E-state index is 13.0. The minimum atomic E-state index is -4.43. The maximum Gasteiger partial charge on any atom is 0.416 e. The van der Waals surface area contributed by atoms with Gasteiger partial charge in [0.2, 0.25) is 0 Å². The van der Waals surface area contributed by atoms with E-state index in [1.54, 1.807) is 0 Å². The first-order chi connectivity index (χ1) is 15.3. The number of H-pyrrole nitrogens is 1. The van der Waals surface area contributed by atoms with Crippen molar-refractivity contribution in [3.05, 3.63) is 93.5 Å². The molecule has 5 rings (SSSR count). The molecule has 0 amide bonds. The SMILES string of the molecule is N#Cc1c(C2(c3ccc(C(F)(F)F)cc3)CC2)nn2c(=O)c(Nc3ccccc3)c[nH]c12. The first-order valence-electron chi connectivity index (χ1n) is 9.88. The Kier molecular flexibility index (Phi) is 4.34. The molecule has 1 saturated carbocycles. The fourth-order valence-electron chi connectivity index (χ4n) is 3.99. The van der Waals surface area contributed by atoms with E-state index in [4.69, 9.17) is 0 Å².